The highest BCUT2D eigenvalue weighted by Crippen LogP contribution is 2.17. The number of nitrogens with zero attached hydrogens (tertiary/aromatic N) is 1. The fraction of sp³-hybridized carbons (Fsp3) is 0.714. The summed E-state index contributed by atoms with van der Waals surface area (Å²) >= 11 is 0. The van der Waals surface area contributed by atoms with E-state index in [-0.39, 0.29) is 18.0 Å². The molecule has 106 valence electrons. The molecule has 1 aromatic rings. The Balaban J connectivity index is 1.87. The molecule has 2 rings (SSSR count). The molecule has 1 aliphatic rings. The summed E-state index contributed by atoms with van der Waals surface area (Å²) in [6.45, 7) is 4.21. The maximum absolute atomic E-state index is 12.0. The summed E-state index contributed by atoms with van der Waals surface area (Å²) in [7, 11) is 0. The molecular weight excluding hydrogens is 242 g/mol. The smallest absolute Gasteiger partial charge is 0.273 e. The lowest BCUT2D eigenvalue weighted by atomic mass is 9.92. The van der Waals surface area contributed by atoms with Crippen molar-refractivity contribution in [2.24, 2.45) is 11.7 Å². The minimum absolute atomic E-state index is 0.140. The number of carbonyl (C=O) groups is 1. The van der Waals surface area contributed by atoms with E-state index in [0.717, 1.165) is 37.9 Å². The standard InChI is InChI=1S/C14H23N3O2/c1-9(2)7-12-8-13(17-19-12)14(18)16-11-5-3-10(15)4-6-11/h8-11H,3-7,15H2,1-2H3,(H,16,18)/t10-,11-. The van der Waals surface area contributed by atoms with E-state index in [1.807, 2.05) is 0 Å². The number of carbonyl (C=O) groups excluding carboxylic acids is 1. The minimum Gasteiger partial charge on any atom is -0.361 e. The highest BCUT2D eigenvalue weighted by atomic mass is 16.5. The van der Waals surface area contributed by atoms with Crippen molar-refractivity contribution in [3.05, 3.63) is 17.5 Å². The van der Waals surface area contributed by atoms with Crippen molar-refractivity contribution < 1.29 is 9.32 Å². The number of nitrogens with two attached hydrogens (primary N) is 1. The van der Waals surface area contributed by atoms with E-state index in [0.29, 0.717) is 11.6 Å². The average molecular weight is 265 g/mol. The van der Waals surface area contributed by atoms with Gasteiger partial charge in [0.05, 0.1) is 0 Å². The predicted octanol–water partition coefficient (Wildman–Crippen LogP) is 1.87. The molecule has 0 aromatic carbocycles. The lowest BCUT2D eigenvalue weighted by molar-refractivity contribution is 0.0916. The van der Waals surface area contributed by atoms with Crippen molar-refractivity contribution >= 4 is 5.91 Å². The maximum atomic E-state index is 12.0. The third-order valence-corrected chi connectivity index (χ3v) is 3.51. The van der Waals surface area contributed by atoms with Crippen LogP contribution >= 0.6 is 0 Å². The Labute approximate surface area is 113 Å². The Morgan fingerprint density at radius 3 is 2.79 bits per heavy atom. The number of hydrogen-bond acceptors (Lipinski definition) is 4. The Bertz CT molecular complexity index is 420. The predicted molar refractivity (Wildman–Crippen MR) is 72.7 cm³/mol. The second-order valence-corrected chi connectivity index (χ2v) is 5.86. The van der Waals surface area contributed by atoms with E-state index in [2.05, 4.69) is 24.3 Å². The van der Waals surface area contributed by atoms with Gasteiger partial charge in [-0.1, -0.05) is 19.0 Å². The van der Waals surface area contributed by atoms with E-state index in [1.54, 1.807) is 6.07 Å². The Hall–Kier alpha value is -1.36. The quantitative estimate of drug-likeness (QED) is 0.870. The molecule has 0 unspecified atom stereocenters. The second kappa shape index (κ2) is 6.19. The fourth-order valence-electron chi connectivity index (χ4n) is 2.44. The molecule has 1 aromatic heterocycles. The first-order chi connectivity index (χ1) is 9.04. The second-order valence-electron chi connectivity index (χ2n) is 5.86. The highest BCUT2D eigenvalue weighted by molar-refractivity contribution is 5.92. The molecule has 1 saturated carbocycles. The molecule has 0 atom stereocenters. The van der Waals surface area contributed by atoms with Crippen LogP contribution in [0.25, 0.3) is 0 Å². The largest absolute Gasteiger partial charge is 0.361 e. The summed E-state index contributed by atoms with van der Waals surface area (Å²) in [5, 5.41) is 6.84. The van der Waals surface area contributed by atoms with Crippen LogP contribution in [0.2, 0.25) is 0 Å². The van der Waals surface area contributed by atoms with Gasteiger partial charge in [-0.05, 0) is 31.6 Å². The number of hydrogen-bond donors (Lipinski definition) is 2. The molecule has 0 spiro atoms. The van der Waals surface area contributed by atoms with Gasteiger partial charge < -0.3 is 15.6 Å². The van der Waals surface area contributed by atoms with Crippen molar-refractivity contribution in [3.63, 3.8) is 0 Å². The summed E-state index contributed by atoms with van der Waals surface area (Å²) in [5.74, 6) is 1.12. The van der Waals surface area contributed by atoms with Gasteiger partial charge >= 0.3 is 0 Å². The van der Waals surface area contributed by atoms with Crippen molar-refractivity contribution in [2.45, 2.75) is 58.0 Å². The van der Waals surface area contributed by atoms with Crippen LogP contribution in [-0.2, 0) is 6.42 Å². The van der Waals surface area contributed by atoms with Gasteiger partial charge in [-0.3, -0.25) is 4.79 Å². The van der Waals surface area contributed by atoms with Crippen molar-refractivity contribution in [1.82, 2.24) is 10.5 Å². The molecule has 3 N–H and O–H groups in total. The molecule has 5 nitrogen and oxygen atoms in total. The first-order valence-corrected chi connectivity index (χ1v) is 7.06. The topological polar surface area (TPSA) is 81.2 Å². The molecule has 1 amide bonds. The monoisotopic (exact) mass is 265 g/mol. The summed E-state index contributed by atoms with van der Waals surface area (Å²) in [5.41, 5.74) is 6.23. The molecule has 1 aliphatic carbocycles. The molecule has 0 aliphatic heterocycles. The molecule has 0 bridgehead atoms. The third kappa shape index (κ3) is 4.06. The van der Waals surface area contributed by atoms with Gasteiger partial charge in [0.15, 0.2) is 5.69 Å². The third-order valence-electron chi connectivity index (χ3n) is 3.51. The van der Waals surface area contributed by atoms with E-state index >= 15 is 0 Å². The van der Waals surface area contributed by atoms with Crippen LogP contribution < -0.4 is 11.1 Å². The normalized spacial score (nSPS) is 23.6. The van der Waals surface area contributed by atoms with E-state index < -0.39 is 0 Å². The van der Waals surface area contributed by atoms with Crippen LogP contribution in [0.4, 0.5) is 0 Å². The van der Waals surface area contributed by atoms with Crippen molar-refractivity contribution in [1.29, 1.82) is 0 Å². The number of amides is 1. The summed E-state index contributed by atoms with van der Waals surface area (Å²) in [6, 6.07) is 2.25. The first kappa shape index (κ1) is 14.1. The number of nitrogens with one attached hydrogen (secondary N) is 1. The van der Waals surface area contributed by atoms with E-state index in [4.69, 9.17) is 10.3 Å². The average Bonchev–Trinajstić information content (AvgIpc) is 2.80. The van der Waals surface area contributed by atoms with Crippen LogP contribution in [0.5, 0.6) is 0 Å². The molecule has 0 radical (unpaired) electrons. The van der Waals surface area contributed by atoms with Crippen molar-refractivity contribution in [3.8, 4) is 0 Å². The number of rotatable bonds is 4. The number of aromatic nitrogens is 1. The SMILES string of the molecule is CC(C)Cc1cc(C(=O)N[C@H]2CC[C@H](N)CC2)no1. The van der Waals surface area contributed by atoms with Gasteiger partial charge in [-0.2, -0.15) is 0 Å². The van der Waals surface area contributed by atoms with Crippen LogP contribution in [0.15, 0.2) is 10.6 Å². The van der Waals surface area contributed by atoms with Crippen LogP contribution in [0.3, 0.4) is 0 Å². The summed E-state index contributed by atoms with van der Waals surface area (Å²) < 4.78 is 5.17. The molecule has 5 heteroatoms. The summed E-state index contributed by atoms with van der Waals surface area (Å²) in [4.78, 5) is 12.0. The van der Waals surface area contributed by atoms with Crippen LogP contribution in [0.1, 0.15) is 55.8 Å². The maximum Gasteiger partial charge on any atom is 0.273 e. The van der Waals surface area contributed by atoms with Crippen LogP contribution in [-0.4, -0.2) is 23.1 Å². The first-order valence-electron chi connectivity index (χ1n) is 7.06. The zero-order valence-corrected chi connectivity index (χ0v) is 11.7. The lowest BCUT2D eigenvalue weighted by Gasteiger charge is -2.26. The zero-order valence-electron chi connectivity index (χ0n) is 11.7. The zero-order chi connectivity index (χ0) is 13.8. The lowest BCUT2D eigenvalue weighted by Crippen LogP contribution is -2.40. The van der Waals surface area contributed by atoms with Gasteiger partial charge in [0.1, 0.15) is 5.76 Å². The van der Waals surface area contributed by atoms with Gasteiger partial charge in [0.25, 0.3) is 5.91 Å². The highest BCUT2D eigenvalue weighted by Gasteiger charge is 2.22. The molecule has 1 heterocycles. The van der Waals surface area contributed by atoms with Gasteiger partial charge in [0.2, 0.25) is 0 Å². The summed E-state index contributed by atoms with van der Waals surface area (Å²) in [6.07, 6.45) is 4.65. The van der Waals surface area contributed by atoms with Gasteiger partial charge in [-0.15, -0.1) is 0 Å². The Morgan fingerprint density at radius 1 is 1.47 bits per heavy atom. The minimum atomic E-state index is -0.140. The molecular formula is C14H23N3O2. The van der Waals surface area contributed by atoms with Gasteiger partial charge in [-0.25, -0.2) is 0 Å². The molecule has 0 saturated heterocycles. The fourth-order valence-corrected chi connectivity index (χ4v) is 2.44. The van der Waals surface area contributed by atoms with Crippen molar-refractivity contribution in [2.75, 3.05) is 0 Å². The van der Waals surface area contributed by atoms with E-state index in [1.165, 1.54) is 0 Å². The molecule has 19 heavy (non-hydrogen) atoms. The Kier molecular flexibility index (Phi) is 4.58. The Morgan fingerprint density at radius 2 is 2.16 bits per heavy atom. The molecule has 1 fully saturated rings. The van der Waals surface area contributed by atoms with E-state index in [9.17, 15) is 4.79 Å². The van der Waals surface area contributed by atoms with Crippen LogP contribution in [0, 0.1) is 5.92 Å². The van der Waals surface area contributed by atoms with Gasteiger partial charge in [0, 0.05) is 24.6 Å².